The third-order valence-corrected chi connectivity index (χ3v) is 2.11. The minimum absolute atomic E-state index is 0.600. The van der Waals surface area contributed by atoms with Gasteiger partial charge in [-0.25, -0.2) is 9.59 Å². The average Bonchev–Trinajstić information content (AvgIpc) is 2.31. The summed E-state index contributed by atoms with van der Waals surface area (Å²) in [5.74, 6) is -1.41. The lowest BCUT2D eigenvalue weighted by atomic mass is 10.2. The minimum atomic E-state index is -1.17. The van der Waals surface area contributed by atoms with Gasteiger partial charge in [0.2, 0.25) is 5.91 Å². The first kappa shape index (κ1) is 18.2. The number of ether oxygens (including phenoxy) is 2. The number of aliphatic hydroxyl groups is 1. The Morgan fingerprint density at radius 2 is 1.75 bits per heavy atom. The van der Waals surface area contributed by atoms with Crippen molar-refractivity contribution in [1.29, 1.82) is 0 Å². The van der Waals surface area contributed by atoms with Crippen LogP contribution in [-0.2, 0) is 19.1 Å². The maximum absolute atomic E-state index is 11.7. The largest absolute Gasteiger partial charge is 0.467 e. The van der Waals surface area contributed by atoms with Crippen LogP contribution in [0.5, 0.6) is 0 Å². The monoisotopic (exact) mass is 290 g/mol. The van der Waals surface area contributed by atoms with Crippen LogP contribution in [0.1, 0.15) is 27.7 Å². The van der Waals surface area contributed by atoms with Crippen molar-refractivity contribution >= 4 is 18.0 Å². The van der Waals surface area contributed by atoms with E-state index in [1.165, 1.54) is 6.92 Å². The summed E-state index contributed by atoms with van der Waals surface area (Å²) < 4.78 is 9.39. The Kier molecular flexibility index (Phi) is 6.98. The van der Waals surface area contributed by atoms with Gasteiger partial charge in [0, 0.05) is 0 Å². The van der Waals surface area contributed by atoms with Gasteiger partial charge in [0.05, 0.1) is 13.7 Å². The highest BCUT2D eigenvalue weighted by Crippen LogP contribution is 2.06. The van der Waals surface area contributed by atoms with E-state index < -0.39 is 42.3 Å². The number of rotatable bonds is 5. The molecule has 20 heavy (non-hydrogen) atoms. The third kappa shape index (κ3) is 6.93. The number of amides is 2. The van der Waals surface area contributed by atoms with Gasteiger partial charge in [0.1, 0.15) is 11.6 Å². The SMILES string of the molecule is COC(=O)[C@H](CO)NC(=O)[C@@H](C)NC(=O)OC(C)(C)C. The molecule has 0 unspecified atom stereocenters. The first-order chi connectivity index (χ1) is 9.10. The van der Waals surface area contributed by atoms with Gasteiger partial charge in [-0.3, -0.25) is 4.79 Å². The Morgan fingerprint density at radius 1 is 1.20 bits per heavy atom. The molecule has 0 bridgehead atoms. The lowest BCUT2D eigenvalue weighted by Gasteiger charge is -2.22. The number of esters is 1. The topological polar surface area (TPSA) is 114 Å². The summed E-state index contributed by atoms with van der Waals surface area (Å²) in [4.78, 5) is 34.4. The summed E-state index contributed by atoms with van der Waals surface area (Å²) >= 11 is 0. The highest BCUT2D eigenvalue weighted by molar-refractivity contribution is 5.89. The zero-order valence-corrected chi connectivity index (χ0v) is 12.4. The lowest BCUT2D eigenvalue weighted by Crippen LogP contribution is -2.52. The second kappa shape index (κ2) is 7.68. The molecule has 3 N–H and O–H groups in total. The fourth-order valence-corrected chi connectivity index (χ4v) is 1.17. The standard InChI is InChI=1S/C12H22N2O6/c1-7(13-11(18)20-12(2,3)4)9(16)14-8(6-15)10(17)19-5/h7-8,15H,6H2,1-5H3,(H,13,18)(H,14,16)/t7-,8+/m1/s1. The number of carbonyl (C=O) groups is 3. The number of hydrogen-bond donors (Lipinski definition) is 3. The zero-order valence-electron chi connectivity index (χ0n) is 12.4. The molecule has 0 aromatic carbocycles. The number of hydrogen-bond acceptors (Lipinski definition) is 6. The summed E-state index contributed by atoms with van der Waals surface area (Å²) in [6.07, 6.45) is -0.751. The Morgan fingerprint density at radius 3 is 2.15 bits per heavy atom. The first-order valence-electron chi connectivity index (χ1n) is 6.09. The molecule has 0 saturated heterocycles. The van der Waals surface area contributed by atoms with E-state index in [2.05, 4.69) is 15.4 Å². The number of aliphatic hydroxyl groups excluding tert-OH is 1. The maximum atomic E-state index is 11.7. The smallest absolute Gasteiger partial charge is 0.408 e. The molecule has 0 fully saturated rings. The van der Waals surface area contributed by atoms with E-state index in [4.69, 9.17) is 9.84 Å². The molecule has 0 radical (unpaired) electrons. The predicted molar refractivity (Wildman–Crippen MR) is 69.9 cm³/mol. The Balaban J connectivity index is 4.41. The van der Waals surface area contributed by atoms with E-state index >= 15 is 0 Å². The van der Waals surface area contributed by atoms with Crippen molar-refractivity contribution in [3.8, 4) is 0 Å². The van der Waals surface area contributed by atoms with E-state index in [-0.39, 0.29) is 0 Å². The summed E-state index contributed by atoms with van der Waals surface area (Å²) in [6.45, 7) is 5.89. The molecule has 0 rings (SSSR count). The second-order valence-electron chi connectivity index (χ2n) is 5.13. The second-order valence-corrected chi connectivity index (χ2v) is 5.13. The Hall–Kier alpha value is -1.83. The van der Waals surface area contributed by atoms with E-state index in [1.807, 2.05) is 0 Å². The minimum Gasteiger partial charge on any atom is -0.467 e. The molecule has 0 aromatic rings. The van der Waals surface area contributed by atoms with Crippen LogP contribution in [-0.4, -0.2) is 54.5 Å². The van der Waals surface area contributed by atoms with Crippen LogP contribution < -0.4 is 10.6 Å². The first-order valence-corrected chi connectivity index (χ1v) is 6.09. The molecule has 0 aliphatic rings. The molecule has 116 valence electrons. The number of alkyl carbamates (subject to hydrolysis) is 1. The van der Waals surface area contributed by atoms with Crippen LogP contribution in [0.25, 0.3) is 0 Å². The van der Waals surface area contributed by atoms with E-state index in [1.54, 1.807) is 20.8 Å². The van der Waals surface area contributed by atoms with Crippen LogP contribution in [0.3, 0.4) is 0 Å². The van der Waals surface area contributed by atoms with E-state index in [9.17, 15) is 14.4 Å². The predicted octanol–water partition coefficient (Wildman–Crippen LogP) is -0.450. The van der Waals surface area contributed by atoms with Gasteiger partial charge in [-0.15, -0.1) is 0 Å². The molecule has 0 aliphatic carbocycles. The molecule has 2 amide bonds. The van der Waals surface area contributed by atoms with Crippen molar-refractivity contribution in [3.05, 3.63) is 0 Å². The van der Waals surface area contributed by atoms with Crippen LogP contribution in [0.4, 0.5) is 4.79 Å². The van der Waals surface area contributed by atoms with Crippen molar-refractivity contribution in [3.63, 3.8) is 0 Å². The molecular weight excluding hydrogens is 268 g/mol. The van der Waals surface area contributed by atoms with Crippen molar-refractivity contribution in [2.75, 3.05) is 13.7 Å². The molecule has 8 nitrogen and oxygen atoms in total. The number of methoxy groups -OCH3 is 1. The Bertz CT molecular complexity index is 363. The van der Waals surface area contributed by atoms with Crippen LogP contribution in [0.2, 0.25) is 0 Å². The van der Waals surface area contributed by atoms with Gasteiger partial charge in [-0.1, -0.05) is 0 Å². The third-order valence-electron chi connectivity index (χ3n) is 2.11. The van der Waals surface area contributed by atoms with Crippen molar-refractivity contribution in [2.24, 2.45) is 0 Å². The molecule has 0 heterocycles. The summed E-state index contributed by atoms with van der Waals surface area (Å²) in [7, 11) is 1.14. The van der Waals surface area contributed by atoms with Crippen molar-refractivity contribution in [2.45, 2.75) is 45.4 Å². The maximum Gasteiger partial charge on any atom is 0.408 e. The fourth-order valence-electron chi connectivity index (χ4n) is 1.17. The highest BCUT2D eigenvalue weighted by atomic mass is 16.6. The Labute approximate surface area is 117 Å². The van der Waals surface area contributed by atoms with Gasteiger partial charge in [0.25, 0.3) is 0 Å². The van der Waals surface area contributed by atoms with Crippen LogP contribution >= 0.6 is 0 Å². The molecule has 0 spiro atoms. The number of nitrogens with one attached hydrogen (secondary N) is 2. The van der Waals surface area contributed by atoms with Gasteiger partial charge < -0.3 is 25.2 Å². The molecule has 2 atom stereocenters. The van der Waals surface area contributed by atoms with Gasteiger partial charge in [0.15, 0.2) is 6.04 Å². The molecule has 0 saturated carbocycles. The van der Waals surface area contributed by atoms with Crippen molar-refractivity contribution in [1.82, 2.24) is 10.6 Å². The van der Waals surface area contributed by atoms with Crippen molar-refractivity contribution < 1.29 is 29.0 Å². The average molecular weight is 290 g/mol. The molecule has 0 aromatic heterocycles. The van der Waals surface area contributed by atoms with Crippen LogP contribution in [0, 0.1) is 0 Å². The highest BCUT2D eigenvalue weighted by Gasteiger charge is 2.25. The van der Waals surface area contributed by atoms with E-state index in [0.29, 0.717) is 0 Å². The molecule has 0 aliphatic heterocycles. The normalized spacial score (nSPS) is 13.9. The van der Waals surface area contributed by atoms with Crippen LogP contribution in [0.15, 0.2) is 0 Å². The molecule has 8 heteroatoms. The fraction of sp³-hybridized carbons (Fsp3) is 0.750. The summed E-state index contributed by atoms with van der Waals surface area (Å²) in [5, 5.41) is 13.5. The zero-order chi connectivity index (χ0) is 15.9. The quantitative estimate of drug-likeness (QED) is 0.591. The van der Waals surface area contributed by atoms with E-state index in [0.717, 1.165) is 7.11 Å². The van der Waals surface area contributed by atoms with Gasteiger partial charge in [-0.05, 0) is 27.7 Å². The molecular formula is C12H22N2O6. The summed E-state index contributed by atoms with van der Waals surface area (Å²) in [5.41, 5.74) is -0.681. The van der Waals surface area contributed by atoms with Gasteiger partial charge >= 0.3 is 12.1 Å². The summed E-state index contributed by atoms with van der Waals surface area (Å²) in [6, 6.07) is -2.10. The lowest BCUT2D eigenvalue weighted by molar-refractivity contribution is -0.146. The van der Waals surface area contributed by atoms with Gasteiger partial charge in [-0.2, -0.15) is 0 Å². The number of carbonyl (C=O) groups excluding carboxylic acids is 3.